The zero-order valence-electron chi connectivity index (χ0n) is 10.2. The molecule has 1 atom stereocenters. The average molecular weight is 232 g/mol. The van der Waals surface area contributed by atoms with Crippen LogP contribution in [0.5, 0.6) is 0 Å². The van der Waals surface area contributed by atoms with E-state index < -0.39 is 0 Å². The Morgan fingerprint density at radius 2 is 2.00 bits per heavy atom. The van der Waals surface area contributed by atoms with Crippen molar-refractivity contribution >= 4 is 5.91 Å². The molecule has 4 nitrogen and oxygen atoms in total. The molecule has 1 unspecified atom stereocenters. The molecule has 0 heterocycles. The van der Waals surface area contributed by atoms with Gasteiger partial charge >= 0.3 is 0 Å². The van der Waals surface area contributed by atoms with Crippen LogP contribution in [-0.4, -0.2) is 18.5 Å². The molecule has 17 heavy (non-hydrogen) atoms. The zero-order chi connectivity index (χ0) is 12.8. The van der Waals surface area contributed by atoms with Gasteiger partial charge in [-0.25, -0.2) is 0 Å². The van der Waals surface area contributed by atoms with E-state index in [-0.39, 0.29) is 5.91 Å². The summed E-state index contributed by atoms with van der Waals surface area (Å²) in [5.41, 5.74) is 6.98. The number of nitriles is 1. The van der Waals surface area contributed by atoms with Crippen LogP contribution in [0.4, 0.5) is 0 Å². The van der Waals surface area contributed by atoms with Crippen LogP contribution in [0.2, 0.25) is 0 Å². The molecular weight excluding hydrogens is 214 g/mol. The molecule has 0 bridgehead atoms. The van der Waals surface area contributed by atoms with Gasteiger partial charge in [-0.2, -0.15) is 5.26 Å². The molecule has 0 aliphatic heterocycles. The summed E-state index contributed by atoms with van der Waals surface area (Å²) in [4.78, 5) is 12.1. The van der Waals surface area contributed by atoms with Gasteiger partial charge in [0.2, 0.25) is 0 Å². The minimum absolute atomic E-state index is 0.289. The number of hydrogen-bond donors (Lipinski definition) is 2. The molecule has 0 saturated heterocycles. The van der Waals surface area contributed by atoms with Crippen LogP contribution < -0.4 is 10.6 Å². The standard InChI is InChI=1S/C13H17N3O/c1-10(2)16(9-13(15)17)8-12-5-3-11(7-14)4-6-12/h3-6,10H,8-9H2,1-2H3,(H2,15,17)/p+1. The van der Waals surface area contributed by atoms with Crippen LogP contribution in [0.3, 0.4) is 0 Å². The lowest BCUT2D eigenvalue weighted by molar-refractivity contribution is -0.927. The van der Waals surface area contributed by atoms with Gasteiger partial charge in [-0.3, -0.25) is 4.79 Å². The number of primary amides is 1. The number of carbonyl (C=O) groups is 1. The smallest absolute Gasteiger partial charge is 0.272 e. The average Bonchev–Trinajstić information content (AvgIpc) is 2.28. The van der Waals surface area contributed by atoms with Gasteiger partial charge in [0.15, 0.2) is 6.54 Å². The number of benzene rings is 1. The molecule has 0 aromatic heterocycles. The van der Waals surface area contributed by atoms with Gasteiger partial charge in [-0.15, -0.1) is 0 Å². The highest BCUT2D eigenvalue weighted by atomic mass is 16.1. The van der Waals surface area contributed by atoms with Crippen molar-refractivity contribution in [2.24, 2.45) is 5.73 Å². The number of amides is 1. The van der Waals surface area contributed by atoms with Crippen LogP contribution in [0.25, 0.3) is 0 Å². The first-order valence-electron chi connectivity index (χ1n) is 5.65. The lowest BCUT2D eigenvalue weighted by atomic mass is 10.1. The number of nitrogens with zero attached hydrogens (tertiary/aromatic N) is 1. The molecule has 0 saturated carbocycles. The van der Waals surface area contributed by atoms with Crippen LogP contribution in [-0.2, 0) is 11.3 Å². The summed E-state index contributed by atoms with van der Waals surface area (Å²) in [6.45, 7) is 5.19. The number of rotatable bonds is 5. The second kappa shape index (κ2) is 6.02. The highest BCUT2D eigenvalue weighted by molar-refractivity contribution is 5.74. The van der Waals surface area contributed by atoms with E-state index in [0.717, 1.165) is 17.0 Å². The van der Waals surface area contributed by atoms with Gasteiger partial charge in [0.1, 0.15) is 6.54 Å². The Hall–Kier alpha value is -1.86. The molecule has 1 amide bonds. The third kappa shape index (κ3) is 4.25. The predicted molar refractivity (Wildman–Crippen MR) is 65.0 cm³/mol. The number of carbonyl (C=O) groups excluding carboxylic acids is 1. The molecular formula is C13H18N3O+. The zero-order valence-corrected chi connectivity index (χ0v) is 10.2. The fraction of sp³-hybridized carbons (Fsp3) is 0.385. The van der Waals surface area contributed by atoms with E-state index in [9.17, 15) is 4.79 Å². The summed E-state index contributed by atoms with van der Waals surface area (Å²) >= 11 is 0. The molecule has 0 fully saturated rings. The number of nitrogens with two attached hydrogens (primary N) is 1. The van der Waals surface area contributed by atoms with Crippen molar-refractivity contribution in [3.05, 3.63) is 35.4 Å². The van der Waals surface area contributed by atoms with E-state index in [1.54, 1.807) is 12.1 Å². The maximum absolute atomic E-state index is 11.0. The monoisotopic (exact) mass is 232 g/mol. The molecule has 1 rings (SSSR count). The van der Waals surface area contributed by atoms with Crippen molar-refractivity contribution in [2.75, 3.05) is 6.54 Å². The van der Waals surface area contributed by atoms with Gasteiger partial charge in [0, 0.05) is 5.56 Å². The molecule has 0 spiro atoms. The van der Waals surface area contributed by atoms with Gasteiger partial charge in [0.05, 0.1) is 17.7 Å². The van der Waals surface area contributed by atoms with E-state index in [4.69, 9.17) is 11.0 Å². The van der Waals surface area contributed by atoms with Crippen molar-refractivity contribution in [2.45, 2.75) is 26.4 Å². The maximum Gasteiger partial charge on any atom is 0.272 e. The first-order valence-corrected chi connectivity index (χ1v) is 5.65. The predicted octanol–water partition coefficient (Wildman–Crippen LogP) is -0.163. The SMILES string of the molecule is CC(C)[NH+](CC(N)=O)Cc1ccc(C#N)cc1. The largest absolute Gasteiger partial charge is 0.365 e. The Morgan fingerprint density at radius 3 is 2.41 bits per heavy atom. The molecule has 0 aliphatic carbocycles. The van der Waals surface area contributed by atoms with Gasteiger partial charge < -0.3 is 10.6 Å². The van der Waals surface area contributed by atoms with Crippen molar-refractivity contribution < 1.29 is 9.69 Å². The molecule has 0 aliphatic rings. The Bertz CT molecular complexity index is 417. The second-order valence-electron chi connectivity index (χ2n) is 4.44. The number of quaternary nitrogens is 1. The lowest BCUT2D eigenvalue weighted by Crippen LogP contribution is -3.14. The van der Waals surface area contributed by atoms with Crippen molar-refractivity contribution in [3.8, 4) is 6.07 Å². The third-order valence-corrected chi connectivity index (χ3v) is 2.73. The lowest BCUT2D eigenvalue weighted by Gasteiger charge is -2.22. The van der Waals surface area contributed by atoms with Crippen molar-refractivity contribution in [3.63, 3.8) is 0 Å². The minimum atomic E-state index is -0.289. The molecule has 1 aromatic rings. The first-order chi connectivity index (χ1) is 8.02. The Labute approximate surface area is 102 Å². The fourth-order valence-electron chi connectivity index (χ4n) is 1.65. The topological polar surface area (TPSA) is 71.3 Å². The third-order valence-electron chi connectivity index (χ3n) is 2.73. The summed E-state index contributed by atoms with van der Waals surface area (Å²) in [7, 11) is 0. The van der Waals surface area contributed by atoms with Crippen molar-refractivity contribution in [1.82, 2.24) is 0 Å². The summed E-state index contributed by atoms with van der Waals surface area (Å²) in [6.07, 6.45) is 0. The fourth-order valence-corrected chi connectivity index (χ4v) is 1.65. The van der Waals surface area contributed by atoms with Crippen LogP contribution in [0.15, 0.2) is 24.3 Å². The summed E-state index contributed by atoms with van der Waals surface area (Å²) in [5.74, 6) is -0.289. The molecule has 4 heteroatoms. The minimum Gasteiger partial charge on any atom is -0.365 e. The van der Waals surface area contributed by atoms with Crippen LogP contribution in [0.1, 0.15) is 25.0 Å². The highest BCUT2D eigenvalue weighted by Gasteiger charge is 2.16. The number of hydrogen-bond acceptors (Lipinski definition) is 2. The van der Waals surface area contributed by atoms with Crippen molar-refractivity contribution in [1.29, 1.82) is 5.26 Å². The Morgan fingerprint density at radius 1 is 1.41 bits per heavy atom. The van der Waals surface area contributed by atoms with Crippen LogP contribution in [0, 0.1) is 11.3 Å². The van der Waals surface area contributed by atoms with E-state index >= 15 is 0 Å². The maximum atomic E-state index is 11.0. The summed E-state index contributed by atoms with van der Waals surface area (Å²) in [6, 6.07) is 9.83. The summed E-state index contributed by atoms with van der Waals surface area (Å²) in [5, 5.41) is 8.70. The first kappa shape index (κ1) is 13.2. The Kier molecular flexibility index (Phi) is 4.68. The van der Waals surface area contributed by atoms with E-state index in [0.29, 0.717) is 18.2 Å². The van der Waals surface area contributed by atoms with Crippen LogP contribution >= 0.6 is 0 Å². The van der Waals surface area contributed by atoms with E-state index in [1.165, 1.54) is 0 Å². The molecule has 3 N–H and O–H groups in total. The quantitative estimate of drug-likeness (QED) is 0.740. The molecule has 90 valence electrons. The Balaban J connectivity index is 2.72. The second-order valence-corrected chi connectivity index (χ2v) is 4.44. The highest BCUT2D eigenvalue weighted by Crippen LogP contribution is 2.01. The number of nitrogens with one attached hydrogen (secondary N) is 1. The van der Waals surface area contributed by atoms with Gasteiger partial charge in [-0.05, 0) is 26.0 Å². The van der Waals surface area contributed by atoms with Gasteiger partial charge in [-0.1, -0.05) is 12.1 Å². The summed E-state index contributed by atoms with van der Waals surface area (Å²) < 4.78 is 0. The van der Waals surface area contributed by atoms with E-state index in [2.05, 4.69) is 19.9 Å². The van der Waals surface area contributed by atoms with E-state index in [1.807, 2.05) is 12.1 Å². The molecule has 1 aromatic carbocycles. The normalized spacial score (nSPS) is 12.1. The molecule has 0 radical (unpaired) electrons. The van der Waals surface area contributed by atoms with Gasteiger partial charge in [0.25, 0.3) is 5.91 Å².